The number of anilines is 1. The van der Waals surface area contributed by atoms with Crippen LogP contribution >= 0.6 is 23.1 Å². The number of amides is 2. The number of hydrogen-bond donors (Lipinski definition) is 2. The van der Waals surface area contributed by atoms with Crippen molar-refractivity contribution in [1.29, 1.82) is 0 Å². The van der Waals surface area contributed by atoms with Crippen LogP contribution in [-0.4, -0.2) is 46.9 Å². The second kappa shape index (κ2) is 8.23. The summed E-state index contributed by atoms with van der Waals surface area (Å²) in [5.41, 5.74) is 0.686. The van der Waals surface area contributed by atoms with Gasteiger partial charge in [0.15, 0.2) is 4.34 Å². The zero-order valence-electron chi connectivity index (χ0n) is 16.0. The van der Waals surface area contributed by atoms with Gasteiger partial charge in [-0.2, -0.15) is 0 Å². The molecule has 0 unspecified atom stereocenters. The molecule has 3 aliphatic heterocycles. The summed E-state index contributed by atoms with van der Waals surface area (Å²) >= 11 is 2.95. The zero-order valence-corrected chi connectivity index (χ0v) is 17.6. The topological polar surface area (TPSA) is 74.3 Å². The fraction of sp³-hybridized carbons (Fsp3) is 0.450. The molecule has 3 saturated heterocycles. The number of benzene rings is 1. The van der Waals surface area contributed by atoms with E-state index in [4.69, 9.17) is 0 Å². The lowest BCUT2D eigenvalue weighted by molar-refractivity contribution is -0.114. The third-order valence-corrected chi connectivity index (χ3v) is 7.58. The normalized spacial score (nSPS) is 26.1. The Morgan fingerprint density at radius 1 is 1.21 bits per heavy atom. The predicted octanol–water partition coefficient (Wildman–Crippen LogP) is 3.47. The number of piperidine rings is 3. The molecule has 0 aliphatic carbocycles. The monoisotopic (exact) mass is 416 g/mol. The van der Waals surface area contributed by atoms with Gasteiger partial charge in [0.1, 0.15) is 5.00 Å². The Kier molecular flexibility index (Phi) is 5.70. The minimum atomic E-state index is -0.104. The molecule has 28 heavy (non-hydrogen) atoms. The number of fused-ring (bicyclic) bond motifs is 3. The van der Waals surface area contributed by atoms with Gasteiger partial charge in [0.25, 0.3) is 5.91 Å². The number of aromatic nitrogens is 1. The van der Waals surface area contributed by atoms with E-state index in [1.54, 1.807) is 6.20 Å². The van der Waals surface area contributed by atoms with E-state index >= 15 is 0 Å². The second-order valence-corrected chi connectivity index (χ2v) is 9.76. The van der Waals surface area contributed by atoms with E-state index in [1.807, 2.05) is 24.3 Å². The lowest BCUT2D eigenvalue weighted by Crippen LogP contribution is -2.62. The standard InChI is InChI=1S/C20H24N4O2S2/c1-12-18(14-7-9-24(12)10-8-14)23-19(26)15-3-5-16(6-4-15)27-20-21-11-17(28-20)22-13(2)25/h3-6,11-12,14,18H,7-10H2,1-2H3,(H,22,25)(H,23,26)/t12-,18-/m0/s1. The first kappa shape index (κ1) is 19.4. The highest BCUT2D eigenvalue weighted by atomic mass is 32.2. The van der Waals surface area contributed by atoms with Gasteiger partial charge in [-0.3, -0.25) is 14.5 Å². The molecule has 0 spiro atoms. The van der Waals surface area contributed by atoms with Crippen molar-refractivity contribution in [3.8, 4) is 0 Å². The number of nitrogens with one attached hydrogen (secondary N) is 2. The Morgan fingerprint density at radius 3 is 2.57 bits per heavy atom. The molecule has 2 atom stereocenters. The largest absolute Gasteiger partial charge is 0.347 e. The molecule has 4 heterocycles. The molecule has 2 N–H and O–H groups in total. The fourth-order valence-electron chi connectivity index (χ4n) is 4.09. The van der Waals surface area contributed by atoms with Crippen LogP contribution in [0.2, 0.25) is 0 Å². The average molecular weight is 417 g/mol. The Bertz CT molecular complexity index is 857. The van der Waals surface area contributed by atoms with Gasteiger partial charge in [0.05, 0.1) is 6.20 Å². The fourth-order valence-corrected chi connectivity index (χ4v) is 5.99. The Hall–Kier alpha value is -1.90. The molecule has 1 aromatic heterocycles. The summed E-state index contributed by atoms with van der Waals surface area (Å²) in [6, 6.07) is 8.27. The first-order chi connectivity index (χ1) is 13.5. The van der Waals surface area contributed by atoms with E-state index in [1.165, 1.54) is 42.9 Å². The highest BCUT2D eigenvalue weighted by molar-refractivity contribution is 8.01. The Morgan fingerprint density at radius 2 is 1.93 bits per heavy atom. The van der Waals surface area contributed by atoms with Crippen molar-refractivity contribution in [3.05, 3.63) is 36.0 Å². The van der Waals surface area contributed by atoms with E-state index in [0.717, 1.165) is 27.3 Å². The van der Waals surface area contributed by atoms with E-state index < -0.39 is 0 Å². The van der Waals surface area contributed by atoms with E-state index in [2.05, 4.69) is 27.4 Å². The maximum atomic E-state index is 12.7. The van der Waals surface area contributed by atoms with Crippen LogP contribution in [0.25, 0.3) is 0 Å². The second-order valence-electron chi connectivity index (χ2n) is 7.41. The molecule has 1 aromatic carbocycles. The average Bonchev–Trinajstić information content (AvgIpc) is 3.11. The molecule has 8 heteroatoms. The smallest absolute Gasteiger partial charge is 0.251 e. The minimum absolute atomic E-state index is 0.00402. The Labute approximate surface area is 173 Å². The lowest BCUT2D eigenvalue weighted by Gasteiger charge is -2.49. The molecule has 2 aromatic rings. The van der Waals surface area contributed by atoms with Gasteiger partial charge >= 0.3 is 0 Å². The van der Waals surface area contributed by atoms with Crippen LogP contribution < -0.4 is 10.6 Å². The summed E-state index contributed by atoms with van der Waals surface area (Å²) in [6.07, 6.45) is 4.02. The summed E-state index contributed by atoms with van der Waals surface area (Å²) in [5.74, 6) is 0.499. The van der Waals surface area contributed by atoms with Gasteiger partial charge in [-0.25, -0.2) is 4.98 Å². The molecular formula is C20H24N4O2S2. The van der Waals surface area contributed by atoms with Gasteiger partial charge in [-0.1, -0.05) is 23.1 Å². The van der Waals surface area contributed by atoms with Crippen molar-refractivity contribution < 1.29 is 9.59 Å². The van der Waals surface area contributed by atoms with Crippen molar-refractivity contribution in [2.24, 2.45) is 5.92 Å². The van der Waals surface area contributed by atoms with Crippen molar-refractivity contribution in [3.63, 3.8) is 0 Å². The molecule has 3 aliphatic rings. The number of carbonyl (C=O) groups excluding carboxylic acids is 2. The predicted molar refractivity (Wildman–Crippen MR) is 112 cm³/mol. The van der Waals surface area contributed by atoms with Crippen molar-refractivity contribution in [1.82, 2.24) is 15.2 Å². The van der Waals surface area contributed by atoms with E-state index in [0.29, 0.717) is 17.5 Å². The van der Waals surface area contributed by atoms with Crippen LogP contribution in [0.1, 0.15) is 37.0 Å². The van der Waals surface area contributed by atoms with E-state index in [-0.39, 0.29) is 17.9 Å². The summed E-state index contributed by atoms with van der Waals surface area (Å²) < 4.78 is 0.849. The highest BCUT2D eigenvalue weighted by Gasteiger charge is 2.40. The molecule has 2 bridgehead atoms. The van der Waals surface area contributed by atoms with Crippen LogP contribution in [0.5, 0.6) is 0 Å². The number of thiazole rings is 1. The highest BCUT2D eigenvalue weighted by Crippen LogP contribution is 2.34. The summed E-state index contributed by atoms with van der Waals surface area (Å²) in [4.78, 5) is 31.6. The van der Waals surface area contributed by atoms with Crippen molar-refractivity contribution >= 4 is 39.9 Å². The van der Waals surface area contributed by atoms with Crippen molar-refractivity contribution in [2.45, 2.75) is 48.0 Å². The van der Waals surface area contributed by atoms with Crippen LogP contribution in [0.15, 0.2) is 39.7 Å². The van der Waals surface area contributed by atoms with Crippen LogP contribution in [0.3, 0.4) is 0 Å². The first-order valence-electron chi connectivity index (χ1n) is 9.56. The number of carbonyl (C=O) groups is 2. The van der Waals surface area contributed by atoms with Crippen LogP contribution in [0.4, 0.5) is 5.00 Å². The third kappa shape index (κ3) is 4.24. The summed E-state index contributed by atoms with van der Waals surface area (Å²) in [6.45, 7) is 6.02. The molecule has 148 valence electrons. The molecule has 6 nitrogen and oxygen atoms in total. The maximum Gasteiger partial charge on any atom is 0.251 e. The van der Waals surface area contributed by atoms with Gasteiger partial charge in [-0.15, -0.1) is 0 Å². The first-order valence-corrected chi connectivity index (χ1v) is 11.2. The number of nitrogens with zero attached hydrogens (tertiary/aromatic N) is 2. The lowest BCUT2D eigenvalue weighted by atomic mass is 9.79. The molecule has 2 amide bonds. The Balaban J connectivity index is 1.37. The minimum Gasteiger partial charge on any atom is -0.347 e. The van der Waals surface area contributed by atoms with Crippen LogP contribution in [-0.2, 0) is 4.79 Å². The van der Waals surface area contributed by atoms with Gasteiger partial charge in [-0.05, 0) is 63.0 Å². The van der Waals surface area contributed by atoms with Gasteiger partial charge < -0.3 is 10.6 Å². The molecule has 0 radical (unpaired) electrons. The SMILES string of the molecule is CC(=O)Nc1cnc(Sc2ccc(C(=O)N[C@@H]3C4CCN(CC4)[C@H]3C)cc2)s1. The molecule has 3 fully saturated rings. The molecule has 5 rings (SSSR count). The van der Waals surface area contributed by atoms with Gasteiger partial charge in [0.2, 0.25) is 5.91 Å². The van der Waals surface area contributed by atoms with Crippen LogP contribution in [0, 0.1) is 5.92 Å². The maximum absolute atomic E-state index is 12.7. The molecule has 0 saturated carbocycles. The van der Waals surface area contributed by atoms with Crippen molar-refractivity contribution in [2.75, 3.05) is 18.4 Å². The number of rotatable bonds is 5. The quantitative estimate of drug-likeness (QED) is 0.781. The third-order valence-electron chi connectivity index (χ3n) is 5.58. The zero-order chi connectivity index (χ0) is 19.7. The molecular weight excluding hydrogens is 392 g/mol. The van der Waals surface area contributed by atoms with E-state index in [9.17, 15) is 9.59 Å². The van der Waals surface area contributed by atoms with Gasteiger partial charge in [0, 0.05) is 29.5 Å². The summed E-state index contributed by atoms with van der Waals surface area (Å²) in [5, 5.41) is 6.74. The summed E-state index contributed by atoms with van der Waals surface area (Å²) in [7, 11) is 0. The number of hydrogen-bond acceptors (Lipinski definition) is 6.